The molecule has 2 aromatic rings. The van der Waals surface area contributed by atoms with Crippen LogP contribution in [0.5, 0.6) is 23.0 Å². The van der Waals surface area contributed by atoms with Crippen molar-refractivity contribution in [3.8, 4) is 23.0 Å². The van der Waals surface area contributed by atoms with Crippen LogP contribution in [0.3, 0.4) is 0 Å². The lowest BCUT2D eigenvalue weighted by Gasteiger charge is -2.14. The first-order valence-electron chi connectivity index (χ1n) is 7.06. The number of ether oxygens (including phenoxy) is 3. The van der Waals surface area contributed by atoms with Crippen molar-refractivity contribution < 1.29 is 19.3 Å². The number of benzene rings is 2. The number of diazo groups is 1. The molecule has 0 radical (unpaired) electrons. The van der Waals surface area contributed by atoms with Gasteiger partial charge in [0.25, 0.3) is 0 Å². The van der Waals surface area contributed by atoms with Crippen molar-refractivity contribution in [3.05, 3.63) is 46.4 Å². The summed E-state index contributed by atoms with van der Waals surface area (Å²) in [6.07, 6.45) is 1.37. The zero-order valence-corrected chi connectivity index (χ0v) is 13.3. The quantitative estimate of drug-likeness (QED) is 0.766. The number of hydrogen-bond donors (Lipinski definition) is 0. The monoisotopic (exact) mass is 314 g/mol. The van der Waals surface area contributed by atoms with Crippen molar-refractivity contribution in [3.63, 3.8) is 0 Å². The minimum Gasteiger partial charge on any atom is -0.867 e. The van der Waals surface area contributed by atoms with Crippen LogP contribution in [0.25, 0.3) is 4.98 Å². The zero-order chi connectivity index (χ0) is 16.8. The van der Waals surface area contributed by atoms with Crippen LogP contribution in [0.2, 0.25) is 0 Å². The number of nitrogens with zero attached hydrogens (tertiary/aromatic N) is 2. The maximum absolute atomic E-state index is 11.7. The van der Waals surface area contributed by atoms with E-state index in [1.54, 1.807) is 27.4 Å². The van der Waals surface area contributed by atoms with Gasteiger partial charge in [-0.3, -0.25) is 0 Å². The minimum atomic E-state index is -0.296. The SMILES string of the molecule is COc1cc(CCc2ccc([N+]#N)c([O-])c2)cc(OC)c1OC. The van der Waals surface area contributed by atoms with Gasteiger partial charge < -0.3 is 19.3 Å². The third-order valence-electron chi connectivity index (χ3n) is 3.56. The molecule has 2 aromatic carbocycles. The van der Waals surface area contributed by atoms with Gasteiger partial charge >= 0.3 is 5.69 Å². The van der Waals surface area contributed by atoms with Gasteiger partial charge in [-0.15, -0.1) is 0 Å². The highest BCUT2D eigenvalue weighted by atomic mass is 16.5. The van der Waals surface area contributed by atoms with E-state index in [2.05, 4.69) is 4.98 Å². The molecule has 0 amide bonds. The van der Waals surface area contributed by atoms with E-state index < -0.39 is 0 Å². The van der Waals surface area contributed by atoms with Crippen LogP contribution in [-0.4, -0.2) is 21.3 Å². The Bertz CT molecular complexity index is 713. The maximum atomic E-state index is 11.7. The number of aryl methyl sites for hydroxylation is 2. The van der Waals surface area contributed by atoms with Gasteiger partial charge in [0, 0.05) is 6.07 Å². The van der Waals surface area contributed by atoms with Crippen molar-refractivity contribution in [2.24, 2.45) is 0 Å². The molecule has 0 unspecified atom stereocenters. The summed E-state index contributed by atoms with van der Waals surface area (Å²) in [7, 11) is 4.70. The van der Waals surface area contributed by atoms with Crippen LogP contribution in [0.15, 0.2) is 30.3 Å². The molecule has 0 aliphatic carbocycles. The molecule has 0 saturated carbocycles. The summed E-state index contributed by atoms with van der Waals surface area (Å²) in [6, 6.07) is 8.53. The second kappa shape index (κ2) is 7.36. The lowest BCUT2D eigenvalue weighted by molar-refractivity contribution is -0.267. The molecule has 6 nitrogen and oxygen atoms in total. The fourth-order valence-corrected chi connectivity index (χ4v) is 2.37. The zero-order valence-electron chi connectivity index (χ0n) is 13.3. The third-order valence-corrected chi connectivity index (χ3v) is 3.56. The Kier molecular flexibility index (Phi) is 5.26. The molecular formula is C17H18N2O4. The summed E-state index contributed by atoms with van der Waals surface area (Å²) in [4.78, 5) is 2.93. The molecule has 0 bridgehead atoms. The van der Waals surface area contributed by atoms with Gasteiger partial charge in [0.05, 0.1) is 21.3 Å². The van der Waals surface area contributed by atoms with Crippen molar-refractivity contribution >= 4 is 5.69 Å². The standard InChI is InChI=1S/C17H18N2O4/c1-21-15-9-12(10-16(22-2)17(15)23-3)5-4-11-6-7-13(19-18)14(20)8-11/h6-10H,4-5H2,1-3H3. The molecule has 120 valence electrons. The molecule has 6 heteroatoms. The van der Waals surface area contributed by atoms with Crippen molar-refractivity contribution in [1.82, 2.24) is 0 Å². The Morgan fingerprint density at radius 3 is 2.00 bits per heavy atom. The lowest BCUT2D eigenvalue weighted by atomic mass is 10.0. The average molecular weight is 314 g/mol. The normalized spacial score (nSPS) is 10.0. The Labute approximate surface area is 134 Å². The van der Waals surface area contributed by atoms with Crippen LogP contribution in [0.1, 0.15) is 11.1 Å². The predicted octanol–water partition coefficient (Wildman–Crippen LogP) is 3.06. The van der Waals surface area contributed by atoms with Crippen molar-refractivity contribution in [2.45, 2.75) is 12.8 Å². The lowest BCUT2D eigenvalue weighted by Crippen LogP contribution is -1.99. The molecule has 0 atom stereocenters. The first kappa shape index (κ1) is 16.4. The molecule has 23 heavy (non-hydrogen) atoms. The second-order valence-electron chi connectivity index (χ2n) is 4.94. The van der Waals surface area contributed by atoms with Crippen LogP contribution >= 0.6 is 0 Å². The van der Waals surface area contributed by atoms with Gasteiger partial charge in [-0.25, -0.2) is 0 Å². The van der Waals surface area contributed by atoms with Gasteiger partial charge in [0.1, 0.15) is 0 Å². The average Bonchev–Trinajstić information content (AvgIpc) is 2.58. The third kappa shape index (κ3) is 3.64. The van der Waals surface area contributed by atoms with Crippen LogP contribution in [0.4, 0.5) is 5.69 Å². The number of methoxy groups -OCH3 is 3. The maximum Gasteiger partial charge on any atom is 0.377 e. The highest BCUT2D eigenvalue weighted by Gasteiger charge is 2.13. The molecule has 0 N–H and O–H groups in total. The number of hydrogen-bond acceptors (Lipinski definition) is 5. The van der Waals surface area contributed by atoms with Gasteiger partial charge in [0.15, 0.2) is 16.5 Å². The highest BCUT2D eigenvalue weighted by molar-refractivity contribution is 5.57. The van der Waals surface area contributed by atoms with Gasteiger partial charge in [-0.05, 0) is 41.9 Å². The highest BCUT2D eigenvalue weighted by Crippen LogP contribution is 2.38. The molecule has 0 spiro atoms. The predicted molar refractivity (Wildman–Crippen MR) is 84.1 cm³/mol. The van der Waals surface area contributed by atoms with E-state index in [1.165, 1.54) is 12.1 Å². The van der Waals surface area contributed by atoms with E-state index in [9.17, 15) is 5.11 Å². The van der Waals surface area contributed by atoms with Crippen LogP contribution in [0, 0.1) is 5.39 Å². The molecule has 2 rings (SSSR count). The molecule has 0 aromatic heterocycles. The first-order valence-corrected chi connectivity index (χ1v) is 7.06. The Morgan fingerprint density at radius 1 is 0.913 bits per heavy atom. The Balaban J connectivity index is 2.20. The van der Waals surface area contributed by atoms with Crippen molar-refractivity contribution in [2.75, 3.05) is 21.3 Å². The van der Waals surface area contributed by atoms with Crippen molar-refractivity contribution in [1.29, 1.82) is 5.39 Å². The van der Waals surface area contributed by atoms with Crippen LogP contribution < -0.4 is 19.3 Å². The van der Waals surface area contributed by atoms with E-state index in [0.29, 0.717) is 30.1 Å². The van der Waals surface area contributed by atoms with E-state index >= 15 is 0 Å². The minimum absolute atomic E-state index is 0.0431. The van der Waals surface area contributed by atoms with Crippen LogP contribution in [-0.2, 0) is 12.8 Å². The summed E-state index contributed by atoms with van der Waals surface area (Å²) in [5, 5.41) is 20.3. The summed E-state index contributed by atoms with van der Waals surface area (Å²) in [5.41, 5.74) is 1.92. The smallest absolute Gasteiger partial charge is 0.377 e. The van der Waals surface area contributed by atoms with E-state index in [0.717, 1.165) is 11.1 Å². The van der Waals surface area contributed by atoms with E-state index in [1.807, 2.05) is 12.1 Å². The van der Waals surface area contributed by atoms with E-state index in [4.69, 9.17) is 19.6 Å². The fourth-order valence-electron chi connectivity index (χ4n) is 2.37. The Hall–Kier alpha value is -2.94. The molecular weight excluding hydrogens is 296 g/mol. The molecule has 0 fully saturated rings. The topological polar surface area (TPSA) is 78.9 Å². The summed E-state index contributed by atoms with van der Waals surface area (Å²) >= 11 is 0. The summed E-state index contributed by atoms with van der Waals surface area (Å²) in [6.45, 7) is 0. The Morgan fingerprint density at radius 2 is 1.52 bits per heavy atom. The molecule has 0 saturated heterocycles. The molecule has 0 aliphatic rings. The summed E-state index contributed by atoms with van der Waals surface area (Å²) in [5.74, 6) is 1.45. The van der Waals surface area contributed by atoms with E-state index in [-0.39, 0.29) is 11.4 Å². The fraction of sp³-hybridized carbons (Fsp3) is 0.294. The molecule has 0 heterocycles. The second-order valence-corrected chi connectivity index (χ2v) is 4.94. The van der Waals surface area contributed by atoms with Gasteiger partial charge in [-0.1, -0.05) is 12.1 Å². The van der Waals surface area contributed by atoms with Gasteiger partial charge in [0.2, 0.25) is 11.1 Å². The largest absolute Gasteiger partial charge is 0.867 e. The first-order chi connectivity index (χ1) is 11.1. The molecule has 0 aliphatic heterocycles. The number of rotatable bonds is 6. The summed E-state index contributed by atoms with van der Waals surface area (Å²) < 4.78 is 15.9. The van der Waals surface area contributed by atoms with Gasteiger partial charge in [-0.2, -0.15) is 0 Å².